The Balaban J connectivity index is 2.44. The van der Waals surface area contributed by atoms with E-state index in [1.165, 1.54) is 11.9 Å². The van der Waals surface area contributed by atoms with Gasteiger partial charge < -0.3 is 10.6 Å². The third kappa shape index (κ3) is 1.88. The minimum atomic E-state index is -1.52. The maximum Gasteiger partial charge on any atom is 0.224 e. The lowest BCUT2D eigenvalue weighted by molar-refractivity contribution is -0.127. The van der Waals surface area contributed by atoms with Crippen molar-refractivity contribution in [3.8, 4) is 0 Å². The summed E-state index contributed by atoms with van der Waals surface area (Å²) >= 11 is 0. The minimum absolute atomic E-state index is 0.113. The number of amides is 1. The molecule has 2 unspecified atom stereocenters. The largest absolute Gasteiger partial charge is 0.337 e. The molecular weight excluding hydrogens is 233 g/mol. The van der Waals surface area contributed by atoms with Crippen molar-refractivity contribution in [3.05, 3.63) is 35.1 Å². The highest BCUT2D eigenvalue weighted by Crippen LogP contribution is 2.31. The highest BCUT2D eigenvalue weighted by Gasteiger charge is 2.36. The Morgan fingerprint density at radius 3 is 2.24 bits per heavy atom. The lowest BCUT2D eigenvalue weighted by Gasteiger charge is -2.23. The van der Waals surface area contributed by atoms with Crippen LogP contribution in [0.3, 0.4) is 0 Å². The first-order valence-corrected chi connectivity index (χ1v) is 5.07. The zero-order valence-corrected chi connectivity index (χ0v) is 9.08. The SMILES string of the molecule is CN1C(=O)CC(N)C1c1cc(F)c(F)c(F)c1. The molecule has 92 valence electrons. The summed E-state index contributed by atoms with van der Waals surface area (Å²) in [5.41, 5.74) is 5.90. The Morgan fingerprint density at radius 1 is 1.29 bits per heavy atom. The predicted octanol–water partition coefficient (Wildman–Crippen LogP) is 1.33. The zero-order chi connectivity index (χ0) is 12.7. The fourth-order valence-corrected chi connectivity index (χ4v) is 2.12. The van der Waals surface area contributed by atoms with Gasteiger partial charge in [-0.2, -0.15) is 0 Å². The van der Waals surface area contributed by atoms with Gasteiger partial charge in [0.25, 0.3) is 0 Å². The van der Waals surface area contributed by atoms with Crippen LogP contribution in [0.25, 0.3) is 0 Å². The third-order valence-corrected chi connectivity index (χ3v) is 2.97. The molecule has 0 bridgehead atoms. The van der Waals surface area contributed by atoms with Gasteiger partial charge in [0.05, 0.1) is 6.04 Å². The fourth-order valence-electron chi connectivity index (χ4n) is 2.12. The van der Waals surface area contributed by atoms with Crippen molar-refractivity contribution in [3.63, 3.8) is 0 Å². The van der Waals surface area contributed by atoms with Crippen LogP contribution in [0.2, 0.25) is 0 Å². The van der Waals surface area contributed by atoms with Gasteiger partial charge in [-0.1, -0.05) is 0 Å². The molecule has 2 atom stereocenters. The Kier molecular flexibility index (Phi) is 2.82. The van der Waals surface area contributed by atoms with Crippen LogP contribution in [0.1, 0.15) is 18.0 Å². The molecular formula is C11H11F3N2O. The van der Waals surface area contributed by atoms with Crippen LogP contribution in [0, 0.1) is 17.5 Å². The smallest absolute Gasteiger partial charge is 0.224 e. The summed E-state index contributed by atoms with van der Waals surface area (Å²) in [6.07, 6.45) is 0.113. The van der Waals surface area contributed by atoms with E-state index in [-0.39, 0.29) is 17.9 Å². The lowest BCUT2D eigenvalue weighted by atomic mass is 10.0. The zero-order valence-electron chi connectivity index (χ0n) is 9.08. The number of likely N-dealkylation sites (tertiary alicyclic amines) is 1. The normalized spacial score (nSPS) is 24.5. The van der Waals surface area contributed by atoms with Crippen molar-refractivity contribution in [1.82, 2.24) is 4.90 Å². The Morgan fingerprint density at radius 2 is 1.82 bits per heavy atom. The summed E-state index contributed by atoms with van der Waals surface area (Å²) < 4.78 is 39.0. The Bertz CT molecular complexity index is 455. The Labute approximate surface area is 96.0 Å². The number of carbonyl (C=O) groups excluding carboxylic acids is 1. The van der Waals surface area contributed by atoms with Crippen LogP contribution < -0.4 is 5.73 Å². The molecule has 1 aromatic carbocycles. The maximum atomic E-state index is 13.1. The van der Waals surface area contributed by atoms with Gasteiger partial charge in [0.2, 0.25) is 5.91 Å². The van der Waals surface area contributed by atoms with E-state index in [1.54, 1.807) is 0 Å². The van der Waals surface area contributed by atoms with Gasteiger partial charge in [-0.3, -0.25) is 4.79 Å². The molecule has 0 aliphatic carbocycles. The molecule has 2 N–H and O–H groups in total. The van der Waals surface area contributed by atoms with Crippen molar-refractivity contribution in [2.75, 3.05) is 7.05 Å². The molecule has 0 spiro atoms. The van der Waals surface area contributed by atoms with Gasteiger partial charge >= 0.3 is 0 Å². The first-order valence-electron chi connectivity index (χ1n) is 5.07. The molecule has 0 radical (unpaired) electrons. The number of hydrogen-bond acceptors (Lipinski definition) is 2. The average molecular weight is 244 g/mol. The van der Waals surface area contributed by atoms with Crippen LogP contribution in [0.4, 0.5) is 13.2 Å². The summed E-state index contributed by atoms with van der Waals surface area (Å²) in [6.45, 7) is 0. The highest BCUT2D eigenvalue weighted by molar-refractivity contribution is 5.80. The first kappa shape index (κ1) is 11.9. The molecule has 2 rings (SSSR count). The summed E-state index contributed by atoms with van der Waals surface area (Å²) in [6, 6.07) is 0.583. The van der Waals surface area contributed by atoms with E-state index >= 15 is 0 Å². The molecule has 3 nitrogen and oxygen atoms in total. The van der Waals surface area contributed by atoms with Crippen LogP contribution in [-0.4, -0.2) is 23.9 Å². The maximum absolute atomic E-state index is 13.1. The van der Waals surface area contributed by atoms with E-state index in [0.29, 0.717) is 0 Å². The Hall–Kier alpha value is -1.56. The van der Waals surface area contributed by atoms with E-state index in [9.17, 15) is 18.0 Å². The van der Waals surface area contributed by atoms with Crippen LogP contribution in [0.15, 0.2) is 12.1 Å². The van der Waals surface area contributed by atoms with E-state index in [1.807, 2.05) is 0 Å². The molecule has 0 aromatic heterocycles. The van der Waals surface area contributed by atoms with Crippen LogP contribution in [-0.2, 0) is 4.79 Å². The molecule has 1 saturated heterocycles. The lowest BCUT2D eigenvalue weighted by Crippen LogP contribution is -2.30. The average Bonchev–Trinajstić information content (AvgIpc) is 2.49. The molecule has 6 heteroatoms. The van der Waals surface area contributed by atoms with E-state index in [4.69, 9.17) is 5.73 Å². The second-order valence-electron chi connectivity index (χ2n) is 4.12. The van der Waals surface area contributed by atoms with Gasteiger partial charge in [-0.05, 0) is 17.7 Å². The van der Waals surface area contributed by atoms with E-state index < -0.39 is 29.5 Å². The monoisotopic (exact) mass is 244 g/mol. The third-order valence-electron chi connectivity index (χ3n) is 2.97. The fraction of sp³-hybridized carbons (Fsp3) is 0.364. The second kappa shape index (κ2) is 4.03. The molecule has 1 aromatic rings. The molecule has 1 heterocycles. The second-order valence-corrected chi connectivity index (χ2v) is 4.12. The summed E-state index contributed by atoms with van der Waals surface area (Å²) in [4.78, 5) is 12.7. The molecule has 1 fully saturated rings. The molecule has 0 saturated carbocycles. The van der Waals surface area contributed by atoms with Gasteiger partial charge in [0.1, 0.15) is 0 Å². The van der Waals surface area contributed by atoms with E-state index in [0.717, 1.165) is 12.1 Å². The van der Waals surface area contributed by atoms with Crippen LogP contribution >= 0.6 is 0 Å². The minimum Gasteiger partial charge on any atom is -0.337 e. The van der Waals surface area contributed by atoms with Crippen molar-refractivity contribution < 1.29 is 18.0 Å². The van der Waals surface area contributed by atoms with Crippen molar-refractivity contribution >= 4 is 5.91 Å². The standard InChI is InChI=1S/C11H11F3N2O/c1-16-9(17)4-8(15)11(16)5-2-6(12)10(14)7(13)3-5/h2-3,8,11H,4,15H2,1H3. The molecule has 1 amide bonds. The first-order chi connectivity index (χ1) is 7.91. The summed E-state index contributed by atoms with van der Waals surface area (Å²) in [7, 11) is 1.50. The van der Waals surface area contributed by atoms with Crippen LogP contribution in [0.5, 0.6) is 0 Å². The molecule has 17 heavy (non-hydrogen) atoms. The van der Waals surface area contributed by atoms with Gasteiger partial charge in [-0.15, -0.1) is 0 Å². The van der Waals surface area contributed by atoms with Gasteiger partial charge in [0, 0.05) is 19.5 Å². The van der Waals surface area contributed by atoms with Crippen molar-refractivity contribution in [2.24, 2.45) is 5.73 Å². The van der Waals surface area contributed by atoms with E-state index in [2.05, 4.69) is 0 Å². The number of nitrogens with two attached hydrogens (primary N) is 1. The number of halogens is 3. The number of rotatable bonds is 1. The molecule has 1 aliphatic rings. The number of carbonyl (C=O) groups is 1. The summed E-state index contributed by atoms with van der Waals surface area (Å²) in [5, 5.41) is 0. The quantitative estimate of drug-likeness (QED) is 0.758. The predicted molar refractivity (Wildman–Crippen MR) is 54.4 cm³/mol. The highest BCUT2D eigenvalue weighted by atomic mass is 19.2. The number of benzene rings is 1. The molecule has 1 aliphatic heterocycles. The summed E-state index contributed by atoms with van der Waals surface area (Å²) in [5.74, 6) is -4.28. The van der Waals surface area contributed by atoms with Crippen molar-refractivity contribution in [2.45, 2.75) is 18.5 Å². The number of hydrogen-bond donors (Lipinski definition) is 1. The van der Waals surface area contributed by atoms with Gasteiger partial charge in [0.15, 0.2) is 17.5 Å². The number of likely N-dealkylation sites (N-methyl/N-ethyl adjacent to an activating group) is 1. The van der Waals surface area contributed by atoms with Gasteiger partial charge in [-0.25, -0.2) is 13.2 Å². The number of nitrogens with zero attached hydrogens (tertiary/aromatic N) is 1. The topological polar surface area (TPSA) is 46.3 Å². The van der Waals surface area contributed by atoms with Crippen molar-refractivity contribution in [1.29, 1.82) is 0 Å².